The fourth-order valence-electron chi connectivity index (χ4n) is 1.95. The van der Waals surface area contributed by atoms with Gasteiger partial charge in [0.1, 0.15) is 0 Å². The van der Waals surface area contributed by atoms with Crippen molar-refractivity contribution in [2.24, 2.45) is 0 Å². The predicted octanol–water partition coefficient (Wildman–Crippen LogP) is 4.26. The number of carbonyl (C=O) groups is 1. The van der Waals surface area contributed by atoms with Crippen LogP contribution < -0.4 is 9.47 Å². The average molecular weight is 276 g/mol. The van der Waals surface area contributed by atoms with E-state index in [2.05, 4.69) is 6.92 Å². The summed E-state index contributed by atoms with van der Waals surface area (Å²) < 4.78 is 10.4. The van der Waals surface area contributed by atoms with Crippen molar-refractivity contribution < 1.29 is 14.3 Å². The van der Waals surface area contributed by atoms with Gasteiger partial charge in [0.05, 0.1) is 14.2 Å². The second-order valence-electron chi connectivity index (χ2n) is 4.72. The van der Waals surface area contributed by atoms with Crippen molar-refractivity contribution in [3.05, 3.63) is 29.8 Å². The fourth-order valence-corrected chi connectivity index (χ4v) is 1.95. The molecular formula is C17H24O3. The van der Waals surface area contributed by atoms with Crippen molar-refractivity contribution in [3.63, 3.8) is 0 Å². The van der Waals surface area contributed by atoms with Crippen molar-refractivity contribution in [2.75, 3.05) is 14.2 Å². The number of allylic oxidation sites excluding steroid dienone is 1. The van der Waals surface area contributed by atoms with Gasteiger partial charge in [-0.25, -0.2) is 0 Å². The lowest BCUT2D eigenvalue weighted by molar-refractivity contribution is -0.114. The van der Waals surface area contributed by atoms with E-state index in [1.807, 2.05) is 24.3 Å². The monoisotopic (exact) mass is 276 g/mol. The second kappa shape index (κ2) is 9.18. The third-order valence-corrected chi connectivity index (χ3v) is 3.15. The van der Waals surface area contributed by atoms with Crippen molar-refractivity contribution in [3.8, 4) is 11.5 Å². The quantitative estimate of drug-likeness (QED) is 0.499. The molecule has 0 bridgehead atoms. The summed E-state index contributed by atoms with van der Waals surface area (Å²) in [5.41, 5.74) is 0.935. The molecule has 0 atom stereocenters. The van der Waals surface area contributed by atoms with Crippen LogP contribution in [0.5, 0.6) is 11.5 Å². The van der Waals surface area contributed by atoms with Crippen LogP contribution in [-0.2, 0) is 4.79 Å². The minimum atomic E-state index is 0.177. The topological polar surface area (TPSA) is 35.5 Å². The SMILES string of the molecule is CCCCCCC(=O)C=Cc1ccc(OC)c(OC)c1. The lowest BCUT2D eigenvalue weighted by Gasteiger charge is -2.07. The minimum Gasteiger partial charge on any atom is -0.493 e. The molecule has 0 amide bonds. The largest absolute Gasteiger partial charge is 0.493 e. The fraction of sp³-hybridized carbons (Fsp3) is 0.471. The zero-order chi connectivity index (χ0) is 14.8. The number of methoxy groups -OCH3 is 2. The van der Waals surface area contributed by atoms with Crippen LogP contribution in [0.4, 0.5) is 0 Å². The van der Waals surface area contributed by atoms with Crippen molar-refractivity contribution in [1.29, 1.82) is 0 Å². The predicted molar refractivity (Wildman–Crippen MR) is 82.3 cm³/mol. The molecule has 110 valence electrons. The van der Waals surface area contributed by atoms with Crippen LogP contribution in [0.2, 0.25) is 0 Å². The summed E-state index contributed by atoms with van der Waals surface area (Å²) >= 11 is 0. The Balaban J connectivity index is 2.54. The Bertz CT molecular complexity index is 450. The average Bonchev–Trinajstić information content (AvgIpc) is 2.49. The van der Waals surface area contributed by atoms with Crippen molar-refractivity contribution in [1.82, 2.24) is 0 Å². The zero-order valence-corrected chi connectivity index (χ0v) is 12.6. The Kier molecular flexibility index (Phi) is 7.48. The van der Waals surface area contributed by atoms with Gasteiger partial charge in [-0.15, -0.1) is 0 Å². The van der Waals surface area contributed by atoms with Crippen LogP contribution in [0.1, 0.15) is 44.6 Å². The maximum atomic E-state index is 11.7. The van der Waals surface area contributed by atoms with Gasteiger partial charge in [0.25, 0.3) is 0 Å². The molecule has 0 saturated carbocycles. The Morgan fingerprint density at radius 3 is 2.50 bits per heavy atom. The molecule has 0 radical (unpaired) electrons. The van der Waals surface area contributed by atoms with Gasteiger partial charge in [-0.1, -0.05) is 38.3 Å². The molecule has 0 aliphatic rings. The first-order chi connectivity index (χ1) is 9.71. The lowest BCUT2D eigenvalue weighted by Crippen LogP contribution is -1.93. The molecule has 0 spiro atoms. The highest BCUT2D eigenvalue weighted by molar-refractivity contribution is 5.93. The van der Waals surface area contributed by atoms with E-state index < -0.39 is 0 Å². The standard InChI is InChI=1S/C17H24O3/c1-4-5-6-7-8-15(18)11-9-14-10-12-16(19-2)17(13-14)20-3/h9-13H,4-8H2,1-3H3. The Labute approximate surface area is 121 Å². The number of unbranched alkanes of at least 4 members (excludes halogenated alkanes) is 3. The molecule has 0 unspecified atom stereocenters. The van der Waals surface area contributed by atoms with Gasteiger partial charge in [0.2, 0.25) is 0 Å². The summed E-state index contributed by atoms with van der Waals surface area (Å²) in [7, 11) is 3.21. The molecule has 1 aromatic rings. The molecule has 20 heavy (non-hydrogen) atoms. The van der Waals surface area contributed by atoms with Crippen LogP contribution in [0.15, 0.2) is 24.3 Å². The molecule has 1 aromatic carbocycles. The summed E-state index contributed by atoms with van der Waals surface area (Å²) in [6.07, 6.45) is 8.60. The second-order valence-corrected chi connectivity index (χ2v) is 4.72. The Morgan fingerprint density at radius 2 is 1.85 bits per heavy atom. The molecule has 0 aliphatic heterocycles. The maximum absolute atomic E-state index is 11.7. The smallest absolute Gasteiger partial charge is 0.161 e. The zero-order valence-electron chi connectivity index (χ0n) is 12.6. The molecule has 3 nitrogen and oxygen atoms in total. The normalized spacial score (nSPS) is 10.8. The Hall–Kier alpha value is -1.77. The molecule has 0 aromatic heterocycles. The number of carbonyl (C=O) groups excluding carboxylic acids is 1. The van der Waals surface area contributed by atoms with Gasteiger partial charge >= 0.3 is 0 Å². The molecule has 0 N–H and O–H groups in total. The van der Waals surface area contributed by atoms with Gasteiger partial charge in [-0.2, -0.15) is 0 Å². The van der Waals surface area contributed by atoms with Crippen LogP contribution in [0, 0.1) is 0 Å². The first-order valence-corrected chi connectivity index (χ1v) is 7.14. The molecule has 0 aliphatic carbocycles. The number of hydrogen-bond donors (Lipinski definition) is 0. The molecule has 0 fully saturated rings. The number of rotatable bonds is 9. The number of ketones is 1. The lowest BCUT2D eigenvalue weighted by atomic mass is 10.1. The van der Waals surface area contributed by atoms with Gasteiger partial charge in [-0.05, 0) is 30.2 Å². The van der Waals surface area contributed by atoms with Crippen LogP contribution in [-0.4, -0.2) is 20.0 Å². The molecule has 1 rings (SSSR count). The van der Waals surface area contributed by atoms with Gasteiger partial charge in [0, 0.05) is 6.42 Å². The van der Waals surface area contributed by atoms with Crippen LogP contribution >= 0.6 is 0 Å². The maximum Gasteiger partial charge on any atom is 0.161 e. The summed E-state index contributed by atoms with van der Waals surface area (Å²) in [5.74, 6) is 1.54. The molecule has 0 saturated heterocycles. The molecule has 3 heteroatoms. The third kappa shape index (κ3) is 5.47. The van der Waals surface area contributed by atoms with Crippen LogP contribution in [0.3, 0.4) is 0 Å². The van der Waals surface area contributed by atoms with E-state index in [9.17, 15) is 4.79 Å². The van der Waals surface area contributed by atoms with E-state index in [0.717, 1.165) is 18.4 Å². The summed E-state index contributed by atoms with van der Waals surface area (Å²) in [4.78, 5) is 11.7. The first-order valence-electron chi connectivity index (χ1n) is 7.14. The van der Waals surface area contributed by atoms with Gasteiger partial charge in [-0.3, -0.25) is 4.79 Å². The Morgan fingerprint density at radius 1 is 1.10 bits per heavy atom. The summed E-state index contributed by atoms with van der Waals surface area (Å²) in [5, 5.41) is 0. The highest BCUT2D eigenvalue weighted by Gasteiger charge is 2.03. The minimum absolute atomic E-state index is 0.177. The number of ether oxygens (including phenoxy) is 2. The van der Waals surface area contributed by atoms with E-state index in [0.29, 0.717) is 17.9 Å². The first kappa shape index (κ1) is 16.3. The van der Waals surface area contributed by atoms with E-state index in [1.165, 1.54) is 12.8 Å². The number of hydrogen-bond acceptors (Lipinski definition) is 3. The summed E-state index contributed by atoms with van der Waals surface area (Å²) in [6.45, 7) is 2.17. The number of benzene rings is 1. The van der Waals surface area contributed by atoms with Gasteiger partial charge < -0.3 is 9.47 Å². The highest BCUT2D eigenvalue weighted by Crippen LogP contribution is 2.27. The highest BCUT2D eigenvalue weighted by atomic mass is 16.5. The summed E-state index contributed by atoms with van der Waals surface area (Å²) in [6, 6.07) is 5.60. The van der Waals surface area contributed by atoms with E-state index in [-0.39, 0.29) is 5.78 Å². The van der Waals surface area contributed by atoms with Crippen molar-refractivity contribution in [2.45, 2.75) is 39.0 Å². The van der Waals surface area contributed by atoms with E-state index in [1.54, 1.807) is 20.3 Å². The third-order valence-electron chi connectivity index (χ3n) is 3.15. The molecular weight excluding hydrogens is 252 g/mol. The van der Waals surface area contributed by atoms with Crippen LogP contribution in [0.25, 0.3) is 6.08 Å². The van der Waals surface area contributed by atoms with E-state index >= 15 is 0 Å². The van der Waals surface area contributed by atoms with Crippen molar-refractivity contribution >= 4 is 11.9 Å². The van der Waals surface area contributed by atoms with Gasteiger partial charge in [0.15, 0.2) is 17.3 Å². The molecule has 0 heterocycles. The van der Waals surface area contributed by atoms with E-state index in [4.69, 9.17) is 9.47 Å².